The second-order valence-electron chi connectivity index (χ2n) is 18.7. The molecule has 63 heavy (non-hydrogen) atoms. The van der Waals surface area contributed by atoms with Gasteiger partial charge in [-0.1, -0.05) is 13.0 Å². The summed E-state index contributed by atoms with van der Waals surface area (Å²) < 4.78 is 81.9. The van der Waals surface area contributed by atoms with Gasteiger partial charge in [0.1, 0.15) is 47.5 Å². The molecular weight excluding hydrogens is 825 g/mol. The fourth-order valence-corrected chi connectivity index (χ4v) is 10.5. The number of anilines is 1. The van der Waals surface area contributed by atoms with E-state index in [1.165, 1.54) is 29.3 Å². The lowest BCUT2D eigenvalue weighted by molar-refractivity contribution is -0.141. The van der Waals surface area contributed by atoms with Gasteiger partial charge in [-0.15, -0.1) is 0 Å². The number of aromatic nitrogens is 3. The number of aryl methyl sites for hydroxylation is 1. The van der Waals surface area contributed by atoms with Crippen molar-refractivity contribution < 1.29 is 46.2 Å². The third kappa shape index (κ3) is 8.03. The average Bonchev–Trinajstić information content (AvgIpc) is 3.76. The number of alkyl carbamates (subject to hydrolysis) is 1. The van der Waals surface area contributed by atoms with Crippen molar-refractivity contribution in [3.8, 4) is 23.0 Å². The standard InChI is InChI=1S/C45H52F4N8O6/c1-43(39(58)54(3)4)11-14-55(15-12-43)42(60)63-29-17-26-8-9-33(48)30-7-5-16-61-41(59)53-44(2)19-27(46)22-56(24-44)38-32-21-50-36(31(18-29)34(26)30)35(49)37(32)51-40(52-38)62-25-45-10-6-13-57(45)23-28(47)20-45/h8-9,17-18,21,27-28H,5-7,10-16,19-20,22-25H2,1-4H3,(H,53,59)/t27-,28-,44-,45+/m1/s1. The molecule has 0 saturated carbocycles. The number of piperidine rings is 2. The molecule has 8 heterocycles. The second kappa shape index (κ2) is 16.2. The van der Waals surface area contributed by atoms with Gasteiger partial charge in [0.2, 0.25) is 5.91 Å². The fourth-order valence-electron chi connectivity index (χ4n) is 10.5. The van der Waals surface area contributed by atoms with Crippen molar-refractivity contribution in [1.29, 1.82) is 0 Å². The summed E-state index contributed by atoms with van der Waals surface area (Å²) in [7, 11) is 3.40. The molecule has 6 aliphatic rings. The fraction of sp³-hybridized carbons (Fsp3) is 0.556. The number of nitrogens with zero attached hydrogens (tertiary/aromatic N) is 7. The molecule has 0 spiro atoms. The van der Waals surface area contributed by atoms with Crippen LogP contribution in [0, 0.1) is 17.0 Å². The second-order valence-corrected chi connectivity index (χ2v) is 18.7. The summed E-state index contributed by atoms with van der Waals surface area (Å²) in [6.07, 6.45) is 0.368. The maximum absolute atomic E-state index is 17.7. The molecule has 14 nitrogen and oxygen atoms in total. The maximum Gasteiger partial charge on any atom is 0.415 e. The van der Waals surface area contributed by atoms with Crippen molar-refractivity contribution in [2.24, 2.45) is 5.41 Å². The van der Waals surface area contributed by atoms with Crippen LogP contribution in [0.2, 0.25) is 0 Å². The minimum atomic E-state index is -1.44. The van der Waals surface area contributed by atoms with E-state index in [0.29, 0.717) is 30.0 Å². The van der Waals surface area contributed by atoms with E-state index in [2.05, 4.69) is 20.2 Å². The number of hydrogen-bond acceptors (Lipinski definition) is 11. The van der Waals surface area contributed by atoms with Crippen molar-refractivity contribution >= 4 is 45.6 Å². The lowest BCUT2D eigenvalue weighted by atomic mass is 9.79. The number of benzene rings is 2. The quantitative estimate of drug-likeness (QED) is 0.213. The molecule has 18 heteroatoms. The van der Waals surface area contributed by atoms with Gasteiger partial charge in [0.25, 0.3) is 0 Å². The van der Waals surface area contributed by atoms with Crippen LogP contribution in [0.25, 0.3) is 32.9 Å². The van der Waals surface area contributed by atoms with Crippen LogP contribution in [0.15, 0.2) is 30.5 Å². The van der Waals surface area contributed by atoms with E-state index in [0.717, 1.165) is 13.0 Å². The zero-order valence-electron chi connectivity index (χ0n) is 35.9. The highest BCUT2D eigenvalue weighted by Gasteiger charge is 2.50. The van der Waals surface area contributed by atoms with Gasteiger partial charge in [-0.05, 0) is 86.5 Å². The topological polar surface area (TPSA) is 143 Å². The molecule has 2 aromatic heterocycles. The van der Waals surface area contributed by atoms with Crippen LogP contribution in [0.5, 0.6) is 11.8 Å². The number of ether oxygens (including phenoxy) is 3. The molecule has 0 radical (unpaired) electrons. The molecule has 3 amide bonds. The predicted molar refractivity (Wildman–Crippen MR) is 225 cm³/mol. The van der Waals surface area contributed by atoms with Crippen LogP contribution >= 0.6 is 0 Å². The van der Waals surface area contributed by atoms with Crippen LogP contribution in [0.3, 0.4) is 0 Å². The number of pyridine rings is 1. The molecule has 4 aromatic rings. The number of nitrogens with one attached hydrogen (secondary N) is 1. The third-order valence-electron chi connectivity index (χ3n) is 13.7. The predicted octanol–water partition coefficient (Wildman–Crippen LogP) is 6.75. The summed E-state index contributed by atoms with van der Waals surface area (Å²) in [6.45, 7) is 4.96. The maximum atomic E-state index is 17.7. The summed E-state index contributed by atoms with van der Waals surface area (Å²) in [5.74, 6) is -1.37. The first-order chi connectivity index (χ1) is 30.0. The molecule has 1 N–H and O–H groups in total. The summed E-state index contributed by atoms with van der Waals surface area (Å²) in [5, 5.41) is 3.66. The number of rotatable bonds is 5. The van der Waals surface area contributed by atoms with Gasteiger partial charge in [0.15, 0.2) is 5.82 Å². The largest absolute Gasteiger partial charge is 0.461 e. The summed E-state index contributed by atoms with van der Waals surface area (Å²) in [4.78, 5) is 60.4. The highest BCUT2D eigenvalue weighted by atomic mass is 19.1. The zero-order chi connectivity index (χ0) is 44.4. The Bertz CT molecular complexity index is 2490. The van der Waals surface area contributed by atoms with E-state index >= 15 is 13.2 Å². The van der Waals surface area contributed by atoms with Gasteiger partial charge in [-0.2, -0.15) is 9.97 Å². The summed E-state index contributed by atoms with van der Waals surface area (Å²) >= 11 is 0. The normalized spacial score (nSPS) is 26.1. The SMILES string of the molecule is CN(C)C(=O)C1(C)CCN(C(=O)Oc2cc3c4c(c(F)ccc4c2)CCCOC(=O)N[C@]2(C)C[C@@H](F)CN(C2)c2nc(OC[C@@]45CCCN4C[C@H](F)C5)nc4c(F)c-3ncc24)CC1. The van der Waals surface area contributed by atoms with Crippen LogP contribution in [0.1, 0.15) is 64.4 Å². The Morgan fingerprint density at radius 2 is 1.78 bits per heavy atom. The van der Waals surface area contributed by atoms with E-state index < -0.39 is 52.7 Å². The average molecular weight is 877 g/mol. The molecule has 4 atom stereocenters. The Morgan fingerprint density at radius 1 is 1.00 bits per heavy atom. The molecule has 336 valence electrons. The van der Waals surface area contributed by atoms with Crippen molar-refractivity contribution in [2.75, 3.05) is 71.5 Å². The molecule has 6 bridgehead atoms. The first kappa shape index (κ1) is 42.8. The van der Waals surface area contributed by atoms with Crippen LogP contribution in [-0.2, 0) is 16.0 Å². The van der Waals surface area contributed by atoms with Gasteiger partial charge in [0, 0.05) is 70.3 Å². The molecule has 10 rings (SSSR count). The molecule has 0 aliphatic carbocycles. The number of carbonyl (C=O) groups excluding carboxylic acids is 3. The van der Waals surface area contributed by atoms with Crippen molar-refractivity contribution in [1.82, 2.24) is 35.0 Å². The Kier molecular flexibility index (Phi) is 11.0. The minimum Gasteiger partial charge on any atom is -0.461 e. The molecule has 4 fully saturated rings. The Morgan fingerprint density at radius 3 is 2.56 bits per heavy atom. The first-order valence-electron chi connectivity index (χ1n) is 21.7. The number of likely N-dealkylation sites (tertiary alicyclic amines) is 1. The van der Waals surface area contributed by atoms with Crippen LogP contribution < -0.4 is 19.7 Å². The lowest BCUT2D eigenvalue weighted by Gasteiger charge is -2.42. The zero-order valence-corrected chi connectivity index (χ0v) is 35.9. The van der Waals surface area contributed by atoms with Gasteiger partial charge in [-0.3, -0.25) is 14.7 Å². The van der Waals surface area contributed by atoms with Gasteiger partial charge in [0.05, 0.1) is 29.6 Å². The lowest BCUT2D eigenvalue weighted by Crippen LogP contribution is -2.60. The van der Waals surface area contributed by atoms with Crippen molar-refractivity contribution in [3.63, 3.8) is 0 Å². The first-order valence-corrected chi connectivity index (χ1v) is 21.7. The van der Waals surface area contributed by atoms with Gasteiger partial charge >= 0.3 is 18.2 Å². The minimum absolute atomic E-state index is 0.0220. The summed E-state index contributed by atoms with van der Waals surface area (Å²) in [6, 6.07) is 5.57. The van der Waals surface area contributed by atoms with E-state index in [9.17, 15) is 18.8 Å². The van der Waals surface area contributed by atoms with Gasteiger partial charge < -0.3 is 34.2 Å². The van der Waals surface area contributed by atoms with Crippen molar-refractivity contribution in [3.05, 3.63) is 47.7 Å². The van der Waals surface area contributed by atoms with Crippen LogP contribution in [-0.4, -0.2) is 138 Å². The molecule has 6 aliphatic heterocycles. The van der Waals surface area contributed by atoms with Crippen LogP contribution in [0.4, 0.5) is 33.0 Å². The van der Waals surface area contributed by atoms with E-state index in [-0.39, 0.29) is 123 Å². The number of hydrogen-bond donors (Lipinski definition) is 1. The number of amides is 3. The van der Waals surface area contributed by atoms with E-state index in [4.69, 9.17) is 19.2 Å². The smallest absolute Gasteiger partial charge is 0.415 e. The van der Waals surface area contributed by atoms with Crippen molar-refractivity contribution in [2.45, 2.75) is 88.6 Å². The number of alkyl halides is 2. The summed E-state index contributed by atoms with van der Waals surface area (Å²) in [5.41, 5.74) is -2.51. The highest BCUT2D eigenvalue weighted by molar-refractivity contribution is 6.02. The highest BCUT2D eigenvalue weighted by Crippen LogP contribution is 2.43. The number of halogens is 4. The molecule has 0 unspecified atom stereocenters. The van der Waals surface area contributed by atoms with E-state index in [1.807, 2.05) is 6.92 Å². The Balaban J connectivity index is 1.16. The molecule has 4 saturated heterocycles. The number of fused-ring (bicyclic) bond motifs is 7. The molecular formula is C45H52F4N8O6. The Hall–Kier alpha value is -5.52. The third-order valence-corrected chi connectivity index (χ3v) is 13.7. The van der Waals surface area contributed by atoms with E-state index in [1.54, 1.807) is 36.9 Å². The monoisotopic (exact) mass is 876 g/mol. The number of carbonyl (C=O) groups is 3. The Labute approximate surface area is 362 Å². The van der Waals surface area contributed by atoms with Gasteiger partial charge in [-0.25, -0.2) is 27.2 Å². The molecule has 2 aromatic carbocycles.